The van der Waals surface area contributed by atoms with E-state index >= 15 is 0 Å². The zero-order valence-electron chi connectivity index (χ0n) is 22.7. The summed E-state index contributed by atoms with van der Waals surface area (Å²) in [6.07, 6.45) is 9.71. The maximum absolute atomic E-state index is 7.33. The second-order valence-electron chi connectivity index (χ2n) is 10.9. The molecule has 198 valence electrons. The van der Waals surface area contributed by atoms with E-state index in [0.29, 0.717) is 17.7 Å². The van der Waals surface area contributed by atoms with Gasteiger partial charge in [-0.05, 0) is 67.7 Å². The SMILES string of the molecule is CC[Si](CC)(CC)O[C@H]1[C@@H](O[Si](CC)(CC)CC)C[C@@]2(COC(=S)n3ccnc3)O[C@]23CCC[C@H]13. The normalized spacial score (nSPS) is 32.2. The summed E-state index contributed by atoms with van der Waals surface area (Å²) in [6, 6.07) is 6.92. The molecule has 1 saturated heterocycles. The van der Waals surface area contributed by atoms with Crippen molar-refractivity contribution in [2.24, 2.45) is 5.92 Å². The molecule has 1 spiro atoms. The van der Waals surface area contributed by atoms with Crippen LogP contribution in [0.1, 0.15) is 67.2 Å². The predicted octanol–water partition coefficient (Wildman–Crippen LogP) is 6.53. The number of thiocarbonyl (C=S) groups is 1. The van der Waals surface area contributed by atoms with Gasteiger partial charge in [-0.3, -0.25) is 4.57 Å². The number of ether oxygens (including phenoxy) is 2. The van der Waals surface area contributed by atoms with Gasteiger partial charge in [-0.25, -0.2) is 4.98 Å². The van der Waals surface area contributed by atoms with Crippen LogP contribution < -0.4 is 0 Å². The number of imidazole rings is 1. The standard InChI is InChI=1S/C26H46N2O4SSi2/c1-7-34(8-2,9-3)30-22-18-25(19-29-24(33)28-17-16-27-20-28)26(32-25)15-13-14-21(26)23(22)31-35(10-4,11-5)12-6/h16-17,20-23H,7-15,18-19H2,1-6H3/t21-,22+,23-,25+,26+/m1/s1. The van der Waals surface area contributed by atoms with Gasteiger partial charge in [0.05, 0.1) is 12.2 Å². The molecule has 5 atom stereocenters. The van der Waals surface area contributed by atoms with Crippen LogP contribution in [0.25, 0.3) is 0 Å². The summed E-state index contributed by atoms with van der Waals surface area (Å²) in [6.45, 7) is 14.4. The second kappa shape index (κ2) is 10.7. The maximum Gasteiger partial charge on any atom is 0.269 e. The van der Waals surface area contributed by atoms with Crippen LogP contribution in [-0.4, -0.2) is 61.4 Å². The van der Waals surface area contributed by atoms with Crippen molar-refractivity contribution in [3.8, 4) is 0 Å². The van der Waals surface area contributed by atoms with Gasteiger partial charge in [-0.2, -0.15) is 0 Å². The number of epoxide rings is 1. The zero-order valence-corrected chi connectivity index (χ0v) is 25.5. The Morgan fingerprint density at radius 2 is 1.66 bits per heavy atom. The van der Waals surface area contributed by atoms with E-state index in [2.05, 4.69) is 46.5 Å². The third-order valence-electron chi connectivity index (χ3n) is 9.86. The van der Waals surface area contributed by atoms with Crippen molar-refractivity contribution in [3.63, 3.8) is 0 Å². The molecular weight excluding hydrogens is 493 g/mol. The summed E-state index contributed by atoms with van der Waals surface area (Å²) in [4.78, 5) is 4.10. The lowest BCUT2D eigenvalue weighted by Gasteiger charge is -2.47. The van der Waals surface area contributed by atoms with Gasteiger partial charge in [-0.1, -0.05) is 41.5 Å². The number of rotatable bonds is 12. The first-order valence-electron chi connectivity index (χ1n) is 14.0. The molecule has 1 aromatic heterocycles. The van der Waals surface area contributed by atoms with Gasteiger partial charge in [-0.15, -0.1) is 0 Å². The Hall–Kier alpha value is -0.586. The highest BCUT2D eigenvalue weighted by Gasteiger charge is 2.79. The zero-order chi connectivity index (χ0) is 25.3. The first kappa shape index (κ1) is 27.4. The minimum absolute atomic E-state index is 0.0715. The van der Waals surface area contributed by atoms with Crippen LogP contribution in [0.4, 0.5) is 0 Å². The maximum atomic E-state index is 7.33. The first-order valence-corrected chi connectivity index (χ1v) is 19.5. The average Bonchev–Trinajstić information content (AvgIpc) is 3.25. The molecule has 2 saturated carbocycles. The Bertz CT molecular complexity index is 847. The molecule has 2 heterocycles. The van der Waals surface area contributed by atoms with Gasteiger partial charge < -0.3 is 18.3 Å². The van der Waals surface area contributed by atoms with Crippen molar-refractivity contribution in [2.75, 3.05) is 6.61 Å². The van der Waals surface area contributed by atoms with E-state index in [1.54, 1.807) is 17.1 Å². The largest absolute Gasteiger partial charge is 0.467 e. The fourth-order valence-corrected chi connectivity index (χ4v) is 13.0. The van der Waals surface area contributed by atoms with Crippen molar-refractivity contribution >= 4 is 34.0 Å². The number of hydrogen-bond acceptors (Lipinski definition) is 6. The van der Waals surface area contributed by atoms with Crippen LogP contribution in [0.2, 0.25) is 36.3 Å². The van der Waals surface area contributed by atoms with E-state index in [1.807, 2.05) is 6.20 Å². The van der Waals surface area contributed by atoms with Crippen molar-refractivity contribution in [3.05, 3.63) is 18.7 Å². The lowest BCUT2D eigenvalue weighted by molar-refractivity contribution is -0.0405. The van der Waals surface area contributed by atoms with Crippen LogP contribution in [-0.2, 0) is 18.3 Å². The smallest absolute Gasteiger partial charge is 0.269 e. The van der Waals surface area contributed by atoms with Crippen molar-refractivity contribution < 1.29 is 18.3 Å². The number of aromatic nitrogens is 2. The van der Waals surface area contributed by atoms with Crippen molar-refractivity contribution in [2.45, 2.75) is 127 Å². The van der Waals surface area contributed by atoms with Crippen molar-refractivity contribution in [1.29, 1.82) is 0 Å². The minimum atomic E-state index is -1.83. The molecule has 0 radical (unpaired) electrons. The van der Waals surface area contributed by atoms with Gasteiger partial charge in [0.2, 0.25) is 0 Å². The van der Waals surface area contributed by atoms with E-state index in [1.165, 1.54) is 6.42 Å². The van der Waals surface area contributed by atoms with E-state index in [-0.39, 0.29) is 23.4 Å². The molecule has 0 unspecified atom stereocenters. The Kier molecular flexibility index (Phi) is 8.35. The molecule has 4 rings (SSSR count). The molecule has 0 N–H and O–H groups in total. The molecule has 6 nitrogen and oxygen atoms in total. The van der Waals surface area contributed by atoms with E-state index in [4.69, 9.17) is 30.5 Å². The van der Waals surface area contributed by atoms with Crippen LogP contribution in [0, 0.1) is 5.92 Å². The van der Waals surface area contributed by atoms with Gasteiger partial charge in [0, 0.05) is 24.7 Å². The molecule has 3 aliphatic rings. The molecule has 9 heteroatoms. The van der Waals surface area contributed by atoms with E-state index in [9.17, 15) is 0 Å². The van der Waals surface area contributed by atoms with Crippen LogP contribution in [0.5, 0.6) is 0 Å². The third-order valence-corrected chi connectivity index (χ3v) is 19.5. The Morgan fingerprint density at radius 3 is 2.23 bits per heavy atom. The quantitative estimate of drug-likeness (QED) is 0.171. The molecule has 1 aromatic rings. The molecular formula is C26H46N2O4SSi2. The lowest BCUT2D eigenvalue weighted by atomic mass is 9.71. The molecule has 0 aromatic carbocycles. The minimum Gasteiger partial charge on any atom is -0.467 e. The molecule has 1 aliphatic heterocycles. The topological polar surface area (TPSA) is 58.0 Å². The molecule has 0 amide bonds. The number of hydrogen-bond donors (Lipinski definition) is 0. The summed E-state index contributed by atoms with van der Waals surface area (Å²) < 4.78 is 29.3. The fraction of sp³-hybridized carbons (Fsp3) is 0.846. The Labute approximate surface area is 219 Å². The third kappa shape index (κ3) is 4.74. The molecule has 2 aliphatic carbocycles. The highest BCUT2D eigenvalue weighted by Crippen LogP contribution is 2.68. The van der Waals surface area contributed by atoms with Crippen LogP contribution in [0.15, 0.2) is 18.7 Å². The van der Waals surface area contributed by atoms with Crippen LogP contribution >= 0.6 is 12.2 Å². The summed E-state index contributed by atoms with van der Waals surface area (Å²) in [7, 11) is -3.64. The Morgan fingerprint density at radius 1 is 1.03 bits per heavy atom. The van der Waals surface area contributed by atoms with E-state index in [0.717, 1.165) is 55.5 Å². The summed E-state index contributed by atoms with van der Waals surface area (Å²) in [5, 5.41) is 0.432. The van der Waals surface area contributed by atoms with Gasteiger partial charge in [0.1, 0.15) is 24.1 Å². The molecule has 3 fully saturated rings. The average molecular weight is 539 g/mol. The highest BCUT2D eigenvalue weighted by atomic mass is 32.1. The van der Waals surface area contributed by atoms with Gasteiger partial charge in [0.25, 0.3) is 5.17 Å². The first-order chi connectivity index (χ1) is 16.8. The highest BCUT2D eigenvalue weighted by molar-refractivity contribution is 7.80. The number of nitrogens with zero attached hydrogens (tertiary/aromatic N) is 2. The molecule has 35 heavy (non-hydrogen) atoms. The fourth-order valence-electron chi connectivity index (χ4n) is 7.07. The molecule has 0 bridgehead atoms. The predicted molar refractivity (Wildman–Crippen MR) is 149 cm³/mol. The van der Waals surface area contributed by atoms with Crippen molar-refractivity contribution in [1.82, 2.24) is 9.55 Å². The summed E-state index contributed by atoms with van der Waals surface area (Å²) >= 11 is 5.55. The summed E-state index contributed by atoms with van der Waals surface area (Å²) in [5.74, 6) is 0.375. The van der Waals surface area contributed by atoms with E-state index < -0.39 is 16.6 Å². The monoisotopic (exact) mass is 538 g/mol. The summed E-state index contributed by atoms with van der Waals surface area (Å²) in [5.41, 5.74) is -0.472. The Balaban J connectivity index is 1.63. The van der Waals surface area contributed by atoms with Gasteiger partial charge in [0.15, 0.2) is 16.6 Å². The van der Waals surface area contributed by atoms with Gasteiger partial charge >= 0.3 is 0 Å². The second-order valence-corrected chi connectivity index (χ2v) is 20.7. The lowest BCUT2D eigenvalue weighted by Crippen LogP contribution is -2.59. The van der Waals surface area contributed by atoms with Crippen LogP contribution in [0.3, 0.4) is 0 Å².